The smallest absolute Gasteiger partial charge is 0.137 e. The first-order chi connectivity index (χ1) is 10.3. The molecule has 1 fully saturated rings. The zero-order valence-corrected chi connectivity index (χ0v) is 13.2. The number of carboxylic acids is 2. The van der Waals surface area contributed by atoms with Gasteiger partial charge in [-0.15, -0.1) is 0 Å². The minimum atomic E-state index is -1.84. The minimum Gasteiger partial charge on any atom is -0.549 e. The molecule has 1 rings (SSSR count). The Morgan fingerprint density at radius 2 is 1.73 bits per heavy atom. The number of hydrogen-bond acceptors (Lipinski definition) is 5. The summed E-state index contributed by atoms with van der Waals surface area (Å²) < 4.78 is 0. The molecule has 1 atom stereocenters. The van der Waals surface area contributed by atoms with Crippen LogP contribution in [-0.4, -0.2) is 17.7 Å². The number of rotatable bonds is 9. The van der Waals surface area contributed by atoms with Gasteiger partial charge in [-0.3, -0.25) is 4.79 Å². The lowest BCUT2D eigenvalue weighted by molar-refractivity contribution is -0.322. The molecule has 0 heterocycles. The maximum Gasteiger partial charge on any atom is 0.137 e. The quantitative estimate of drug-likeness (QED) is 0.586. The first-order valence-corrected chi connectivity index (χ1v) is 8.00. The third-order valence-corrected chi connectivity index (χ3v) is 4.71. The van der Waals surface area contributed by atoms with E-state index in [4.69, 9.17) is 0 Å². The number of ketones is 1. The highest BCUT2D eigenvalue weighted by atomic mass is 16.4. The minimum absolute atomic E-state index is 0.0388. The Morgan fingerprint density at radius 1 is 1.14 bits per heavy atom. The number of carbonyl (C=O) groups is 3. The lowest BCUT2D eigenvalue weighted by atomic mass is 9.70. The Hall–Kier alpha value is -1.65. The van der Waals surface area contributed by atoms with Crippen LogP contribution in [0.3, 0.4) is 0 Å². The molecule has 1 aliphatic carbocycles. The van der Waals surface area contributed by atoms with Crippen LogP contribution in [0.25, 0.3) is 0 Å². The van der Waals surface area contributed by atoms with Gasteiger partial charge >= 0.3 is 0 Å². The Bertz CT molecular complexity index is 448. The fourth-order valence-electron chi connectivity index (χ4n) is 3.18. The van der Waals surface area contributed by atoms with Gasteiger partial charge in [0.25, 0.3) is 0 Å². The summed E-state index contributed by atoms with van der Waals surface area (Å²) in [5.74, 6) is -3.54. The summed E-state index contributed by atoms with van der Waals surface area (Å²) in [6.07, 6.45) is 5.32. The topological polar surface area (TPSA) is 97.3 Å². The summed E-state index contributed by atoms with van der Waals surface area (Å²) in [6.45, 7) is 5.23. The van der Waals surface area contributed by atoms with E-state index >= 15 is 0 Å². The number of aliphatic carboxylic acids is 2. The van der Waals surface area contributed by atoms with Gasteiger partial charge in [0.15, 0.2) is 0 Å². The van der Waals surface area contributed by atoms with Crippen molar-refractivity contribution < 1.29 is 24.6 Å². The first kappa shape index (κ1) is 18.4. The van der Waals surface area contributed by atoms with Crippen molar-refractivity contribution in [3.05, 3.63) is 12.2 Å². The van der Waals surface area contributed by atoms with Crippen LogP contribution in [-0.2, 0) is 14.4 Å². The molecule has 0 aromatic carbocycles. The second-order valence-electron chi connectivity index (χ2n) is 6.22. The molecule has 0 aromatic heterocycles. The molecule has 0 aromatic rings. The van der Waals surface area contributed by atoms with Gasteiger partial charge in [-0.2, -0.15) is 0 Å². The Balaban J connectivity index is 3.01. The van der Waals surface area contributed by atoms with Crippen LogP contribution in [0.15, 0.2) is 12.2 Å². The molecule has 0 saturated heterocycles. The van der Waals surface area contributed by atoms with Gasteiger partial charge < -0.3 is 19.8 Å². The van der Waals surface area contributed by atoms with Crippen molar-refractivity contribution in [2.75, 3.05) is 0 Å². The van der Waals surface area contributed by atoms with Crippen molar-refractivity contribution >= 4 is 17.7 Å². The van der Waals surface area contributed by atoms with E-state index in [0.29, 0.717) is 12.8 Å². The van der Waals surface area contributed by atoms with Crippen molar-refractivity contribution in [1.29, 1.82) is 0 Å². The summed E-state index contributed by atoms with van der Waals surface area (Å²) in [5, 5.41) is 22.8. The van der Waals surface area contributed by atoms with Gasteiger partial charge in [-0.1, -0.05) is 45.6 Å². The van der Waals surface area contributed by atoms with Crippen LogP contribution in [0.5, 0.6) is 0 Å². The molecule has 5 heteroatoms. The average molecular weight is 308 g/mol. The molecule has 1 aliphatic rings. The lowest BCUT2D eigenvalue weighted by Gasteiger charge is -2.38. The molecule has 0 bridgehead atoms. The monoisotopic (exact) mass is 308 g/mol. The second kappa shape index (κ2) is 8.11. The van der Waals surface area contributed by atoms with E-state index in [-0.39, 0.29) is 24.5 Å². The van der Waals surface area contributed by atoms with Gasteiger partial charge in [0.2, 0.25) is 0 Å². The van der Waals surface area contributed by atoms with Crippen molar-refractivity contribution in [3.63, 3.8) is 0 Å². The fourth-order valence-corrected chi connectivity index (χ4v) is 3.18. The van der Waals surface area contributed by atoms with Gasteiger partial charge in [-0.25, -0.2) is 0 Å². The van der Waals surface area contributed by atoms with Gasteiger partial charge in [0.1, 0.15) is 5.78 Å². The zero-order chi connectivity index (χ0) is 16.8. The van der Waals surface area contributed by atoms with Crippen LogP contribution in [0, 0.1) is 11.3 Å². The Morgan fingerprint density at radius 3 is 2.18 bits per heavy atom. The van der Waals surface area contributed by atoms with Crippen LogP contribution < -0.4 is 10.2 Å². The molecule has 1 unspecified atom stereocenters. The van der Waals surface area contributed by atoms with Crippen LogP contribution >= 0.6 is 0 Å². The number of unbranched alkanes of at least 4 members (excludes halogenated alkanes) is 1. The summed E-state index contributed by atoms with van der Waals surface area (Å²) >= 11 is 0. The van der Waals surface area contributed by atoms with Crippen molar-refractivity contribution in [2.45, 2.75) is 64.7 Å². The van der Waals surface area contributed by atoms with Crippen LogP contribution in [0.4, 0.5) is 0 Å². The summed E-state index contributed by atoms with van der Waals surface area (Å²) in [6, 6.07) is 0. The molecular formula is C17H24O5-2. The van der Waals surface area contributed by atoms with E-state index < -0.39 is 22.9 Å². The first-order valence-electron chi connectivity index (χ1n) is 8.00. The number of carboxylic acid groups (broad SMARTS) is 2. The highest BCUT2D eigenvalue weighted by Crippen LogP contribution is 2.38. The Kier molecular flexibility index (Phi) is 6.78. The van der Waals surface area contributed by atoms with E-state index in [1.54, 1.807) is 0 Å². The lowest BCUT2D eigenvalue weighted by Crippen LogP contribution is -2.49. The summed E-state index contributed by atoms with van der Waals surface area (Å²) in [5.41, 5.74) is -2.39. The number of Topliss-reactive ketones (excluding diaryl/α,β-unsaturated/α-hetero) is 1. The largest absolute Gasteiger partial charge is 0.549 e. The van der Waals surface area contributed by atoms with Crippen molar-refractivity contribution in [1.82, 2.24) is 0 Å². The van der Waals surface area contributed by atoms with Gasteiger partial charge in [0, 0.05) is 17.8 Å². The van der Waals surface area contributed by atoms with E-state index in [9.17, 15) is 24.6 Å². The van der Waals surface area contributed by atoms with Gasteiger partial charge in [-0.05, 0) is 24.8 Å². The highest BCUT2D eigenvalue weighted by molar-refractivity contribution is 5.98. The molecule has 1 saturated carbocycles. The standard InChI is InChI=1S/C17H26O5/c1-3-4-10-17(16(21)22,12(2)15(19)20)11-14(18)13-8-6-5-7-9-13/h13H,2-11H2,1H3,(H,19,20)(H,21,22)/p-2. The second-order valence-corrected chi connectivity index (χ2v) is 6.22. The maximum absolute atomic E-state index is 12.5. The molecule has 0 radical (unpaired) electrons. The SMILES string of the molecule is C=C(C(=O)[O-])C(CCCC)(CC(=O)C1CCCCC1)C(=O)[O-]. The molecule has 0 spiro atoms. The molecule has 22 heavy (non-hydrogen) atoms. The summed E-state index contributed by atoms with van der Waals surface area (Å²) in [7, 11) is 0. The van der Waals surface area contributed by atoms with Crippen molar-refractivity contribution in [2.24, 2.45) is 11.3 Å². The van der Waals surface area contributed by atoms with Crippen molar-refractivity contribution in [3.8, 4) is 0 Å². The van der Waals surface area contributed by atoms with E-state index in [2.05, 4.69) is 6.58 Å². The average Bonchev–Trinajstić information content (AvgIpc) is 2.51. The number of carbonyl (C=O) groups excluding carboxylic acids is 3. The fraction of sp³-hybridized carbons (Fsp3) is 0.706. The Labute approximate surface area is 131 Å². The van der Waals surface area contributed by atoms with Crippen LogP contribution in [0.1, 0.15) is 64.7 Å². The van der Waals surface area contributed by atoms with Crippen LogP contribution in [0.2, 0.25) is 0 Å². The predicted molar refractivity (Wildman–Crippen MR) is 77.3 cm³/mol. The molecular weight excluding hydrogens is 284 g/mol. The van der Waals surface area contributed by atoms with E-state index in [0.717, 1.165) is 32.1 Å². The number of hydrogen-bond donors (Lipinski definition) is 0. The van der Waals surface area contributed by atoms with Gasteiger partial charge in [0.05, 0.1) is 11.9 Å². The zero-order valence-electron chi connectivity index (χ0n) is 13.2. The maximum atomic E-state index is 12.5. The predicted octanol–water partition coefficient (Wildman–Crippen LogP) is 0.758. The summed E-state index contributed by atoms with van der Waals surface area (Å²) in [4.78, 5) is 35.3. The molecule has 124 valence electrons. The third-order valence-electron chi connectivity index (χ3n) is 4.71. The normalized spacial score (nSPS) is 18.4. The molecule has 0 amide bonds. The third kappa shape index (κ3) is 4.18. The molecule has 0 aliphatic heterocycles. The van der Waals surface area contributed by atoms with E-state index in [1.807, 2.05) is 6.92 Å². The van der Waals surface area contributed by atoms with E-state index in [1.165, 1.54) is 0 Å². The highest BCUT2D eigenvalue weighted by Gasteiger charge is 2.39. The molecule has 5 nitrogen and oxygen atoms in total. The molecule has 0 N–H and O–H groups in total.